The average molecular weight is 504 g/mol. The van der Waals surface area contributed by atoms with Crippen LogP contribution in [0, 0.1) is 5.92 Å². The monoisotopic (exact) mass is 503 g/mol. The Morgan fingerprint density at radius 2 is 1.91 bits per heavy atom. The zero-order chi connectivity index (χ0) is 24.0. The molecule has 1 aliphatic heterocycles. The van der Waals surface area contributed by atoms with Gasteiger partial charge in [-0.1, -0.05) is 23.2 Å². The van der Waals surface area contributed by atoms with Crippen LogP contribution in [0.25, 0.3) is 5.52 Å². The van der Waals surface area contributed by atoms with Gasteiger partial charge in [0.25, 0.3) is 11.5 Å². The van der Waals surface area contributed by atoms with Crippen molar-refractivity contribution in [1.82, 2.24) is 19.1 Å². The summed E-state index contributed by atoms with van der Waals surface area (Å²) in [5.41, 5.74) is -0.557. The van der Waals surface area contributed by atoms with Crippen LogP contribution in [0.5, 0.6) is 0 Å². The lowest BCUT2D eigenvalue weighted by molar-refractivity contribution is -0.137. The Morgan fingerprint density at radius 1 is 1.18 bits per heavy atom. The zero-order valence-electron chi connectivity index (χ0n) is 18.2. The summed E-state index contributed by atoms with van der Waals surface area (Å²) in [5, 5.41) is 18.7. The first kappa shape index (κ1) is 22.9. The van der Waals surface area contributed by atoms with E-state index in [1.165, 1.54) is 39.8 Å². The van der Waals surface area contributed by atoms with Gasteiger partial charge in [0.05, 0.1) is 34.6 Å². The van der Waals surface area contributed by atoms with Gasteiger partial charge < -0.3 is 15.3 Å². The summed E-state index contributed by atoms with van der Waals surface area (Å²) in [7, 11) is 0. The number of hydrogen-bond acceptors (Lipinski definition) is 5. The molecule has 2 aromatic heterocycles. The van der Waals surface area contributed by atoms with Crippen LogP contribution in [-0.4, -0.2) is 54.7 Å². The van der Waals surface area contributed by atoms with E-state index in [-0.39, 0.29) is 40.0 Å². The van der Waals surface area contributed by atoms with Crippen LogP contribution < -0.4 is 10.9 Å². The first-order valence-electron chi connectivity index (χ1n) is 11.1. The number of rotatable bonds is 5. The summed E-state index contributed by atoms with van der Waals surface area (Å²) >= 11 is 12.0. The Labute approximate surface area is 204 Å². The SMILES string of the molecule is O=C(Nc1cc2c(=O)n(CC3(O)CCN(C(=O)C4CC4)CC3)cnn2c1)c1ccc(Cl)cc1Cl. The van der Waals surface area contributed by atoms with Crippen molar-refractivity contribution in [2.75, 3.05) is 18.4 Å². The maximum Gasteiger partial charge on any atom is 0.277 e. The second kappa shape index (κ2) is 8.72. The number of likely N-dealkylation sites (tertiary alicyclic amines) is 1. The van der Waals surface area contributed by atoms with Gasteiger partial charge in [0.2, 0.25) is 5.91 Å². The highest BCUT2D eigenvalue weighted by Gasteiger charge is 2.39. The smallest absolute Gasteiger partial charge is 0.277 e. The van der Waals surface area contributed by atoms with Crippen molar-refractivity contribution in [1.29, 1.82) is 0 Å². The summed E-state index contributed by atoms with van der Waals surface area (Å²) < 4.78 is 2.74. The number of anilines is 1. The lowest BCUT2D eigenvalue weighted by Gasteiger charge is -2.38. The number of nitrogens with one attached hydrogen (secondary N) is 1. The molecule has 178 valence electrons. The summed E-state index contributed by atoms with van der Waals surface area (Å²) in [6.45, 7) is 1.03. The molecule has 2 N–H and O–H groups in total. The van der Waals surface area contributed by atoms with E-state index < -0.39 is 11.5 Å². The summed E-state index contributed by atoms with van der Waals surface area (Å²) in [5.74, 6) is -0.121. The lowest BCUT2D eigenvalue weighted by atomic mass is 9.91. The van der Waals surface area contributed by atoms with Gasteiger partial charge in [0, 0.05) is 24.0 Å². The molecule has 0 radical (unpaired) electrons. The molecule has 1 aliphatic carbocycles. The minimum atomic E-state index is -1.10. The van der Waals surface area contributed by atoms with Crippen LogP contribution in [-0.2, 0) is 11.3 Å². The number of benzene rings is 1. The largest absolute Gasteiger partial charge is 0.388 e. The van der Waals surface area contributed by atoms with E-state index in [0.717, 1.165) is 12.8 Å². The molecule has 2 amide bonds. The molecule has 1 aromatic carbocycles. The number of amides is 2. The predicted molar refractivity (Wildman–Crippen MR) is 127 cm³/mol. The minimum absolute atomic E-state index is 0.0774. The van der Waals surface area contributed by atoms with E-state index in [1.807, 2.05) is 4.90 Å². The van der Waals surface area contributed by atoms with Crippen molar-refractivity contribution < 1.29 is 14.7 Å². The molecule has 11 heteroatoms. The molecular formula is C23H23Cl2N5O4. The number of halogens is 2. The number of piperidine rings is 1. The standard InChI is InChI=1S/C23H23Cl2N5O4/c24-15-3-4-17(18(25)9-15)20(31)27-16-10-19-22(33)29(13-26-30(19)11-16)12-23(34)5-7-28(8-6-23)21(32)14-1-2-14/h3-4,9-11,13-14,34H,1-2,5-8,12H2,(H,27,31). The normalized spacial score (nSPS) is 17.7. The number of hydrogen-bond donors (Lipinski definition) is 2. The molecule has 9 nitrogen and oxygen atoms in total. The van der Waals surface area contributed by atoms with Gasteiger partial charge in [-0.05, 0) is 49.9 Å². The van der Waals surface area contributed by atoms with E-state index in [4.69, 9.17) is 23.2 Å². The molecule has 0 unspecified atom stereocenters. The van der Waals surface area contributed by atoms with Gasteiger partial charge in [-0.25, -0.2) is 4.52 Å². The Balaban J connectivity index is 1.30. The Morgan fingerprint density at radius 3 is 2.59 bits per heavy atom. The van der Waals surface area contributed by atoms with Crippen LogP contribution in [0.2, 0.25) is 10.0 Å². The first-order chi connectivity index (χ1) is 16.2. The highest BCUT2D eigenvalue weighted by atomic mass is 35.5. The van der Waals surface area contributed by atoms with Crippen molar-refractivity contribution in [2.24, 2.45) is 5.92 Å². The van der Waals surface area contributed by atoms with E-state index >= 15 is 0 Å². The number of carbonyl (C=O) groups is 2. The van der Waals surface area contributed by atoms with Gasteiger partial charge in [-0.15, -0.1) is 0 Å². The third kappa shape index (κ3) is 4.55. The maximum absolute atomic E-state index is 13.1. The zero-order valence-corrected chi connectivity index (χ0v) is 19.7. The molecule has 1 saturated heterocycles. The molecular weight excluding hydrogens is 481 g/mol. The second-order valence-corrected chi connectivity index (χ2v) is 9.87. The number of aromatic nitrogens is 3. The molecule has 1 saturated carbocycles. The fourth-order valence-corrected chi connectivity index (χ4v) is 4.78. The van der Waals surface area contributed by atoms with Gasteiger partial charge in [0.1, 0.15) is 11.8 Å². The van der Waals surface area contributed by atoms with Crippen molar-refractivity contribution in [3.63, 3.8) is 0 Å². The molecule has 3 aromatic rings. The van der Waals surface area contributed by atoms with E-state index in [9.17, 15) is 19.5 Å². The lowest BCUT2D eigenvalue weighted by Crippen LogP contribution is -2.50. The van der Waals surface area contributed by atoms with Crippen LogP contribution in [0.3, 0.4) is 0 Å². The van der Waals surface area contributed by atoms with Crippen molar-refractivity contribution in [2.45, 2.75) is 37.8 Å². The molecule has 0 bridgehead atoms. The van der Waals surface area contributed by atoms with Gasteiger partial charge in [0.15, 0.2) is 0 Å². The summed E-state index contributed by atoms with van der Waals surface area (Å²) in [4.78, 5) is 39.7. The third-order valence-electron chi connectivity index (χ3n) is 6.43. The van der Waals surface area contributed by atoms with Gasteiger partial charge >= 0.3 is 0 Å². The predicted octanol–water partition coefficient (Wildman–Crippen LogP) is 2.82. The summed E-state index contributed by atoms with van der Waals surface area (Å²) in [6.07, 6.45) is 5.59. The second-order valence-electron chi connectivity index (χ2n) is 9.02. The molecule has 3 heterocycles. The van der Waals surface area contributed by atoms with Crippen LogP contribution in [0.4, 0.5) is 5.69 Å². The number of carbonyl (C=O) groups excluding carboxylic acids is 2. The van der Waals surface area contributed by atoms with Crippen molar-refractivity contribution >= 4 is 46.2 Å². The Hall–Kier alpha value is -2.88. The molecule has 0 spiro atoms. The van der Waals surface area contributed by atoms with Crippen LogP contribution in [0.1, 0.15) is 36.0 Å². The van der Waals surface area contributed by atoms with Crippen molar-refractivity contribution in [3.05, 3.63) is 62.8 Å². The first-order valence-corrected chi connectivity index (χ1v) is 11.8. The third-order valence-corrected chi connectivity index (χ3v) is 6.97. The molecule has 5 rings (SSSR count). The minimum Gasteiger partial charge on any atom is -0.388 e. The highest BCUT2D eigenvalue weighted by Crippen LogP contribution is 2.33. The number of fused-ring (bicyclic) bond motifs is 1. The molecule has 2 aliphatic rings. The summed E-state index contributed by atoms with van der Waals surface area (Å²) in [6, 6.07) is 6.08. The van der Waals surface area contributed by atoms with E-state index in [2.05, 4.69) is 10.4 Å². The number of nitrogens with zero attached hydrogens (tertiary/aromatic N) is 4. The molecule has 34 heavy (non-hydrogen) atoms. The van der Waals surface area contributed by atoms with E-state index in [1.54, 1.807) is 6.07 Å². The molecule has 0 atom stereocenters. The Kier molecular flexibility index (Phi) is 5.87. The highest BCUT2D eigenvalue weighted by molar-refractivity contribution is 6.37. The van der Waals surface area contributed by atoms with Crippen molar-refractivity contribution in [3.8, 4) is 0 Å². The van der Waals surface area contributed by atoms with Gasteiger partial charge in [-0.2, -0.15) is 5.10 Å². The van der Waals surface area contributed by atoms with Crippen LogP contribution >= 0.6 is 23.2 Å². The van der Waals surface area contributed by atoms with Crippen LogP contribution in [0.15, 0.2) is 41.6 Å². The van der Waals surface area contributed by atoms with Gasteiger partial charge in [-0.3, -0.25) is 19.0 Å². The number of aliphatic hydroxyl groups is 1. The topological polar surface area (TPSA) is 109 Å². The fraction of sp³-hybridized carbons (Fsp3) is 0.391. The quantitative estimate of drug-likeness (QED) is 0.556. The Bertz CT molecular complexity index is 1340. The molecule has 2 fully saturated rings. The maximum atomic E-state index is 13.1. The fourth-order valence-electron chi connectivity index (χ4n) is 4.28. The van der Waals surface area contributed by atoms with E-state index in [0.29, 0.717) is 36.6 Å². The average Bonchev–Trinajstić information content (AvgIpc) is 3.56.